The third kappa shape index (κ3) is 4.54. The molecule has 5 heteroatoms. The second-order valence-electron chi connectivity index (χ2n) is 7.00. The Hall–Kier alpha value is -2.01. The standard InChI is InChI=1S/C20H30N4O/c1-21-20(22-14-16-7-10-23(2)15-16)24-11-8-17(9-12-24)18-5-4-6-19(13-18)25-3/h4-6,8,13,16H,7,9-12,14-15H2,1-3H3,(H,21,22). The van der Waals surface area contributed by atoms with Gasteiger partial charge in [0.25, 0.3) is 0 Å². The maximum absolute atomic E-state index is 5.34. The quantitative estimate of drug-likeness (QED) is 0.673. The minimum absolute atomic E-state index is 0.731. The summed E-state index contributed by atoms with van der Waals surface area (Å²) in [5, 5.41) is 3.57. The van der Waals surface area contributed by atoms with E-state index in [0.29, 0.717) is 0 Å². The molecule has 136 valence electrons. The molecule has 2 aliphatic heterocycles. The van der Waals surface area contributed by atoms with E-state index in [1.165, 1.54) is 30.6 Å². The molecule has 1 N–H and O–H groups in total. The normalized spacial score (nSPS) is 22.0. The number of hydrogen-bond acceptors (Lipinski definition) is 3. The molecular formula is C20H30N4O. The van der Waals surface area contributed by atoms with E-state index >= 15 is 0 Å². The topological polar surface area (TPSA) is 40.1 Å². The van der Waals surface area contributed by atoms with Gasteiger partial charge in [-0.25, -0.2) is 0 Å². The van der Waals surface area contributed by atoms with Crippen LogP contribution in [0.25, 0.3) is 5.57 Å². The van der Waals surface area contributed by atoms with Crippen LogP contribution in [0.3, 0.4) is 0 Å². The summed E-state index contributed by atoms with van der Waals surface area (Å²) in [4.78, 5) is 9.22. The van der Waals surface area contributed by atoms with E-state index in [1.807, 2.05) is 13.1 Å². The number of hydrogen-bond donors (Lipinski definition) is 1. The molecule has 0 amide bonds. The highest BCUT2D eigenvalue weighted by Gasteiger charge is 2.21. The molecule has 1 aromatic carbocycles. The molecule has 0 saturated carbocycles. The summed E-state index contributed by atoms with van der Waals surface area (Å²) in [5.41, 5.74) is 2.65. The first-order valence-electron chi connectivity index (χ1n) is 9.17. The van der Waals surface area contributed by atoms with Gasteiger partial charge in [0.05, 0.1) is 7.11 Å². The molecule has 1 fully saturated rings. The van der Waals surface area contributed by atoms with E-state index in [9.17, 15) is 0 Å². The fourth-order valence-corrected chi connectivity index (χ4v) is 3.71. The molecule has 1 aromatic rings. The van der Waals surface area contributed by atoms with Crippen LogP contribution in [-0.2, 0) is 0 Å². The van der Waals surface area contributed by atoms with E-state index in [1.54, 1.807) is 7.11 Å². The molecule has 0 aromatic heterocycles. The molecule has 1 atom stereocenters. The van der Waals surface area contributed by atoms with Crippen molar-refractivity contribution < 1.29 is 4.74 Å². The molecule has 2 heterocycles. The Bertz CT molecular complexity index is 640. The fourth-order valence-electron chi connectivity index (χ4n) is 3.71. The van der Waals surface area contributed by atoms with Crippen LogP contribution >= 0.6 is 0 Å². The van der Waals surface area contributed by atoms with Gasteiger partial charge in [-0.1, -0.05) is 18.2 Å². The zero-order valence-electron chi connectivity index (χ0n) is 15.7. The molecule has 0 aliphatic carbocycles. The Kier molecular flexibility index (Phi) is 5.97. The number of ether oxygens (including phenoxy) is 1. The van der Waals surface area contributed by atoms with Crippen molar-refractivity contribution in [2.24, 2.45) is 10.9 Å². The molecule has 25 heavy (non-hydrogen) atoms. The molecule has 1 saturated heterocycles. The number of nitrogens with zero attached hydrogens (tertiary/aromatic N) is 3. The van der Waals surface area contributed by atoms with Crippen LogP contribution < -0.4 is 10.1 Å². The number of likely N-dealkylation sites (tertiary alicyclic amines) is 1. The van der Waals surface area contributed by atoms with Crippen LogP contribution in [0.1, 0.15) is 18.4 Å². The maximum atomic E-state index is 5.34. The number of methoxy groups -OCH3 is 1. The Morgan fingerprint density at radius 2 is 2.24 bits per heavy atom. The summed E-state index contributed by atoms with van der Waals surface area (Å²) in [6, 6.07) is 8.32. The van der Waals surface area contributed by atoms with Gasteiger partial charge in [-0.3, -0.25) is 4.99 Å². The molecule has 0 radical (unpaired) electrons. The number of benzene rings is 1. The van der Waals surface area contributed by atoms with Crippen molar-refractivity contribution in [2.75, 3.05) is 53.9 Å². The number of aliphatic imine (C=N–C) groups is 1. The van der Waals surface area contributed by atoms with Crippen LogP contribution in [0, 0.1) is 5.92 Å². The van der Waals surface area contributed by atoms with Crippen LogP contribution in [0.5, 0.6) is 5.75 Å². The number of rotatable bonds is 4. The van der Waals surface area contributed by atoms with Gasteiger partial charge >= 0.3 is 0 Å². The van der Waals surface area contributed by atoms with Gasteiger partial charge in [0.15, 0.2) is 5.96 Å². The van der Waals surface area contributed by atoms with Crippen molar-refractivity contribution in [3.8, 4) is 5.75 Å². The van der Waals surface area contributed by atoms with E-state index in [-0.39, 0.29) is 0 Å². The zero-order valence-corrected chi connectivity index (χ0v) is 15.7. The van der Waals surface area contributed by atoms with E-state index in [4.69, 9.17) is 4.74 Å². The van der Waals surface area contributed by atoms with E-state index in [0.717, 1.165) is 43.7 Å². The van der Waals surface area contributed by atoms with Crippen LogP contribution in [0.4, 0.5) is 0 Å². The minimum Gasteiger partial charge on any atom is -0.497 e. The van der Waals surface area contributed by atoms with Crippen LogP contribution in [0.2, 0.25) is 0 Å². The van der Waals surface area contributed by atoms with Crippen molar-refractivity contribution in [3.05, 3.63) is 35.9 Å². The Morgan fingerprint density at radius 1 is 1.36 bits per heavy atom. The first-order valence-corrected chi connectivity index (χ1v) is 9.17. The SMILES string of the molecule is CN=C(NCC1CCN(C)C1)N1CC=C(c2cccc(OC)c2)CC1. The predicted molar refractivity (Wildman–Crippen MR) is 104 cm³/mol. The molecule has 0 bridgehead atoms. The van der Waals surface area contributed by atoms with E-state index < -0.39 is 0 Å². The van der Waals surface area contributed by atoms with Crippen LogP contribution in [-0.4, -0.2) is 69.7 Å². The average Bonchev–Trinajstić information content (AvgIpc) is 3.08. The van der Waals surface area contributed by atoms with Gasteiger partial charge in [0, 0.05) is 33.2 Å². The Morgan fingerprint density at radius 3 is 2.88 bits per heavy atom. The van der Waals surface area contributed by atoms with Crippen LogP contribution in [0.15, 0.2) is 35.3 Å². The lowest BCUT2D eigenvalue weighted by atomic mass is 9.99. The van der Waals surface area contributed by atoms with Gasteiger partial charge in [0.1, 0.15) is 5.75 Å². The molecular weight excluding hydrogens is 312 g/mol. The van der Waals surface area contributed by atoms with Crippen molar-refractivity contribution in [1.29, 1.82) is 0 Å². The molecule has 0 spiro atoms. The summed E-state index contributed by atoms with van der Waals surface area (Å²) in [5.74, 6) is 2.67. The first-order chi connectivity index (χ1) is 12.2. The first kappa shape index (κ1) is 17.8. The molecule has 2 aliphatic rings. The smallest absolute Gasteiger partial charge is 0.193 e. The predicted octanol–water partition coefficient (Wildman–Crippen LogP) is 2.31. The van der Waals surface area contributed by atoms with Crippen molar-refractivity contribution >= 4 is 11.5 Å². The van der Waals surface area contributed by atoms with E-state index in [2.05, 4.69) is 51.4 Å². The number of nitrogens with one attached hydrogen (secondary N) is 1. The highest BCUT2D eigenvalue weighted by molar-refractivity contribution is 5.81. The summed E-state index contributed by atoms with van der Waals surface area (Å²) < 4.78 is 5.34. The van der Waals surface area contributed by atoms with Gasteiger partial charge in [-0.05, 0) is 55.6 Å². The summed E-state index contributed by atoms with van der Waals surface area (Å²) in [6.45, 7) is 5.30. The lowest BCUT2D eigenvalue weighted by Crippen LogP contribution is -2.45. The highest BCUT2D eigenvalue weighted by atomic mass is 16.5. The summed E-state index contributed by atoms with van der Waals surface area (Å²) in [7, 11) is 5.79. The van der Waals surface area contributed by atoms with Crippen molar-refractivity contribution in [1.82, 2.24) is 15.1 Å². The summed E-state index contributed by atoms with van der Waals surface area (Å²) in [6.07, 6.45) is 4.62. The fraction of sp³-hybridized carbons (Fsp3) is 0.550. The van der Waals surface area contributed by atoms with Crippen molar-refractivity contribution in [2.45, 2.75) is 12.8 Å². The average molecular weight is 342 g/mol. The Balaban J connectivity index is 1.56. The summed E-state index contributed by atoms with van der Waals surface area (Å²) >= 11 is 0. The Labute approximate surface area is 151 Å². The second-order valence-corrected chi connectivity index (χ2v) is 7.00. The van der Waals surface area contributed by atoms with Gasteiger partial charge in [-0.15, -0.1) is 0 Å². The minimum atomic E-state index is 0.731. The number of guanidine groups is 1. The third-order valence-electron chi connectivity index (χ3n) is 5.20. The monoisotopic (exact) mass is 342 g/mol. The lowest BCUT2D eigenvalue weighted by molar-refractivity contribution is 0.388. The molecule has 1 unspecified atom stereocenters. The largest absolute Gasteiger partial charge is 0.497 e. The zero-order chi connectivity index (χ0) is 17.6. The lowest BCUT2D eigenvalue weighted by Gasteiger charge is -2.30. The highest BCUT2D eigenvalue weighted by Crippen LogP contribution is 2.25. The second kappa shape index (κ2) is 8.39. The van der Waals surface area contributed by atoms with Gasteiger partial charge < -0.3 is 19.9 Å². The third-order valence-corrected chi connectivity index (χ3v) is 5.20. The van der Waals surface area contributed by atoms with Gasteiger partial charge in [-0.2, -0.15) is 0 Å². The maximum Gasteiger partial charge on any atom is 0.193 e. The van der Waals surface area contributed by atoms with Crippen molar-refractivity contribution in [3.63, 3.8) is 0 Å². The van der Waals surface area contributed by atoms with Gasteiger partial charge in [0.2, 0.25) is 0 Å². The molecule has 5 nitrogen and oxygen atoms in total. The molecule has 3 rings (SSSR count).